The zero-order valence-corrected chi connectivity index (χ0v) is 13.9. The second-order valence-corrected chi connectivity index (χ2v) is 4.95. The third-order valence-corrected chi connectivity index (χ3v) is 3.14. The van der Waals surface area contributed by atoms with E-state index >= 15 is 0 Å². The average molecular weight is 297 g/mol. The van der Waals surface area contributed by atoms with Crippen LogP contribution < -0.4 is 19.5 Å². The van der Waals surface area contributed by atoms with E-state index in [9.17, 15) is 0 Å². The Hall–Kier alpha value is -1.46. The molecule has 0 aromatic heterocycles. The molecule has 21 heavy (non-hydrogen) atoms. The van der Waals surface area contributed by atoms with Crippen LogP contribution in [0.2, 0.25) is 0 Å². The first kappa shape index (κ1) is 17.6. The van der Waals surface area contributed by atoms with Gasteiger partial charge < -0.3 is 24.3 Å². The first-order chi connectivity index (χ1) is 10.1. The predicted octanol–water partition coefficient (Wildman–Crippen LogP) is 2.79. The topological polar surface area (TPSA) is 49.0 Å². The summed E-state index contributed by atoms with van der Waals surface area (Å²) in [5, 5.41) is 3.42. The molecule has 5 heteroatoms. The van der Waals surface area contributed by atoms with Gasteiger partial charge in [-0.3, -0.25) is 0 Å². The largest absolute Gasteiger partial charge is 0.493 e. The van der Waals surface area contributed by atoms with E-state index in [1.807, 2.05) is 26.0 Å². The van der Waals surface area contributed by atoms with Gasteiger partial charge in [-0.1, -0.05) is 6.92 Å². The number of likely N-dealkylation sites (N-methyl/N-ethyl adjacent to an activating group) is 1. The van der Waals surface area contributed by atoms with E-state index in [0.29, 0.717) is 23.9 Å². The predicted molar refractivity (Wildman–Crippen MR) is 83.6 cm³/mol. The fraction of sp³-hybridized carbons (Fsp3) is 0.625. The molecule has 0 aliphatic carbocycles. The van der Waals surface area contributed by atoms with Gasteiger partial charge in [0.15, 0.2) is 11.5 Å². The lowest BCUT2D eigenvalue weighted by molar-refractivity contribution is 0.0613. The van der Waals surface area contributed by atoms with Crippen molar-refractivity contribution < 1.29 is 18.9 Å². The molecule has 0 saturated carbocycles. The summed E-state index contributed by atoms with van der Waals surface area (Å²) in [4.78, 5) is 0. The van der Waals surface area contributed by atoms with Gasteiger partial charge in [0.1, 0.15) is 0 Å². The molecule has 0 aliphatic rings. The average Bonchev–Trinajstić information content (AvgIpc) is 2.49. The molecule has 0 heterocycles. The minimum Gasteiger partial charge on any atom is -0.493 e. The van der Waals surface area contributed by atoms with E-state index < -0.39 is 0 Å². The Morgan fingerprint density at radius 3 is 1.95 bits per heavy atom. The van der Waals surface area contributed by atoms with Gasteiger partial charge in [-0.15, -0.1) is 0 Å². The van der Waals surface area contributed by atoms with Crippen LogP contribution in [-0.4, -0.2) is 40.6 Å². The number of hydrogen-bond donors (Lipinski definition) is 1. The molecule has 0 saturated heterocycles. The van der Waals surface area contributed by atoms with Crippen molar-refractivity contribution in [3.8, 4) is 17.2 Å². The molecular weight excluding hydrogens is 270 g/mol. The molecule has 0 aliphatic heterocycles. The van der Waals surface area contributed by atoms with Crippen LogP contribution in [0.1, 0.15) is 32.4 Å². The number of methoxy groups -OCH3 is 3. The van der Waals surface area contributed by atoms with Crippen molar-refractivity contribution in [3.05, 3.63) is 17.7 Å². The van der Waals surface area contributed by atoms with Crippen molar-refractivity contribution in [1.82, 2.24) is 5.32 Å². The summed E-state index contributed by atoms with van der Waals surface area (Å²) in [6.45, 7) is 7.56. The van der Waals surface area contributed by atoms with Gasteiger partial charge in [0.2, 0.25) is 5.75 Å². The second kappa shape index (κ2) is 8.74. The summed E-state index contributed by atoms with van der Waals surface area (Å²) in [6, 6.07) is 3.99. The summed E-state index contributed by atoms with van der Waals surface area (Å²) >= 11 is 0. The molecule has 1 aromatic rings. The normalized spacial score (nSPS) is 12.3. The molecule has 1 atom stereocenters. The van der Waals surface area contributed by atoms with E-state index in [2.05, 4.69) is 12.2 Å². The van der Waals surface area contributed by atoms with E-state index in [4.69, 9.17) is 18.9 Å². The standard InChI is InChI=1S/C16H27NO4/c1-7-17-13(10-21-11(2)3)12-8-14(18-4)16(20-6)15(9-12)19-5/h8-9,11,13,17H,7,10H2,1-6H3. The highest BCUT2D eigenvalue weighted by atomic mass is 16.5. The fourth-order valence-electron chi connectivity index (χ4n) is 2.11. The highest BCUT2D eigenvalue weighted by molar-refractivity contribution is 5.54. The van der Waals surface area contributed by atoms with Gasteiger partial charge in [-0.2, -0.15) is 0 Å². The van der Waals surface area contributed by atoms with Crippen LogP contribution in [0.4, 0.5) is 0 Å². The zero-order valence-electron chi connectivity index (χ0n) is 13.9. The minimum atomic E-state index is 0.0751. The molecule has 5 nitrogen and oxygen atoms in total. The summed E-state index contributed by atoms with van der Waals surface area (Å²) in [5.74, 6) is 1.90. The van der Waals surface area contributed by atoms with E-state index in [1.54, 1.807) is 21.3 Å². The second-order valence-electron chi connectivity index (χ2n) is 4.95. The summed E-state index contributed by atoms with van der Waals surface area (Å²) in [7, 11) is 4.84. The minimum absolute atomic E-state index is 0.0751. The third-order valence-electron chi connectivity index (χ3n) is 3.14. The van der Waals surface area contributed by atoms with Crippen molar-refractivity contribution >= 4 is 0 Å². The van der Waals surface area contributed by atoms with Crippen molar-refractivity contribution in [1.29, 1.82) is 0 Å². The molecule has 0 fully saturated rings. The lowest BCUT2D eigenvalue weighted by Gasteiger charge is -2.22. The monoisotopic (exact) mass is 297 g/mol. The molecule has 1 N–H and O–H groups in total. The number of hydrogen-bond acceptors (Lipinski definition) is 5. The van der Waals surface area contributed by atoms with Crippen LogP contribution in [0.3, 0.4) is 0 Å². The van der Waals surface area contributed by atoms with Crippen molar-refractivity contribution in [2.24, 2.45) is 0 Å². The maximum Gasteiger partial charge on any atom is 0.203 e. The highest BCUT2D eigenvalue weighted by Crippen LogP contribution is 2.39. The van der Waals surface area contributed by atoms with Gasteiger partial charge in [0.05, 0.1) is 40.1 Å². The zero-order chi connectivity index (χ0) is 15.8. The SMILES string of the molecule is CCNC(COC(C)C)c1cc(OC)c(OC)c(OC)c1. The first-order valence-corrected chi connectivity index (χ1v) is 7.22. The Morgan fingerprint density at radius 1 is 1.00 bits per heavy atom. The Kier molecular flexibility index (Phi) is 7.32. The Bertz CT molecular complexity index is 409. The van der Waals surface area contributed by atoms with Crippen molar-refractivity contribution in [2.45, 2.75) is 32.9 Å². The lowest BCUT2D eigenvalue weighted by atomic mass is 10.1. The first-order valence-electron chi connectivity index (χ1n) is 7.22. The van der Waals surface area contributed by atoms with Gasteiger partial charge >= 0.3 is 0 Å². The number of rotatable bonds is 9. The maximum absolute atomic E-state index is 5.74. The van der Waals surface area contributed by atoms with Gasteiger partial charge in [-0.25, -0.2) is 0 Å². The Morgan fingerprint density at radius 2 is 1.57 bits per heavy atom. The molecule has 1 rings (SSSR count). The molecule has 0 amide bonds. The summed E-state index contributed by atoms with van der Waals surface area (Å²) in [5.41, 5.74) is 1.05. The third kappa shape index (κ3) is 4.79. The molecule has 0 spiro atoms. The van der Waals surface area contributed by atoms with Crippen molar-refractivity contribution in [3.63, 3.8) is 0 Å². The molecule has 120 valence electrons. The lowest BCUT2D eigenvalue weighted by Crippen LogP contribution is -2.26. The van der Waals surface area contributed by atoms with E-state index in [0.717, 1.165) is 12.1 Å². The van der Waals surface area contributed by atoms with Crippen LogP contribution in [0.5, 0.6) is 17.2 Å². The quantitative estimate of drug-likeness (QED) is 0.759. The maximum atomic E-state index is 5.74. The fourth-order valence-corrected chi connectivity index (χ4v) is 2.11. The van der Waals surface area contributed by atoms with Crippen LogP contribution >= 0.6 is 0 Å². The molecule has 1 unspecified atom stereocenters. The smallest absolute Gasteiger partial charge is 0.203 e. The summed E-state index contributed by atoms with van der Waals surface area (Å²) in [6.07, 6.45) is 0.188. The number of benzene rings is 1. The van der Waals surface area contributed by atoms with Gasteiger partial charge in [0.25, 0.3) is 0 Å². The number of nitrogens with one attached hydrogen (secondary N) is 1. The Labute approximate surface area is 127 Å². The van der Waals surface area contributed by atoms with E-state index in [1.165, 1.54) is 0 Å². The Balaban J connectivity index is 3.12. The van der Waals surface area contributed by atoms with Gasteiger partial charge in [-0.05, 0) is 38.1 Å². The van der Waals surface area contributed by atoms with Crippen LogP contribution in [0.25, 0.3) is 0 Å². The van der Waals surface area contributed by atoms with Gasteiger partial charge in [0, 0.05) is 0 Å². The van der Waals surface area contributed by atoms with Crippen LogP contribution in [0, 0.1) is 0 Å². The number of ether oxygens (including phenoxy) is 4. The van der Waals surface area contributed by atoms with E-state index in [-0.39, 0.29) is 12.1 Å². The molecule has 1 aromatic carbocycles. The van der Waals surface area contributed by atoms with Crippen molar-refractivity contribution in [2.75, 3.05) is 34.5 Å². The highest BCUT2D eigenvalue weighted by Gasteiger charge is 2.18. The van der Waals surface area contributed by atoms with Crippen LogP contribution in [-0.2, 0) is 4.74 Å². The molecular formula is C16H27NO4. The molecule has 0 bridgehead atoms. The molecule has 0 radical (unpaired) electrons. The van der Waals surface area contributed by atoms with Crippen LogP contribution in [0.15, 0.2) is 12.1 Å². The summed E-state index contributed by atoms with van der Waals surface area (Å²) < 4.78 is 21.9.